The van der Waals surface area contributed by atoms with Crippen molar-refractivity contribution in [3.8, 4) is 5.75 Å². The fourth-order valence-electron chi connectivity index (χ4n) is 1.79. The van der Waals surface area contributed by atoms with Crippen LogP contribution in [0.2, 0.25) is 10.0 Å². The van der Waals surface area contributed by atoms with E-state index in [-0.39, 0.29) is 11.4 Å². The first-order valence-electron chi connectivity index (χ1n) is 6.08. The molecule has 0 bridgehead atoms. The molecule has 0 spiro atoms. The lowest BCUT2D eigenvalue weighted by molar-refractivity contribution is -0.384. The molecule has 0 saturated heterocycles. The molecule has 22 heavy (non-hydrogen) atoms. The first-order chi connectivity index (χ1) is 10.5. The Kier molecular flexibility index (Phi) is 5.19. The number of benzene rings is 2. The molecule has 0 amide bonds. The zero-order valence-corrected chi connectivity index (χ0v) is 12.9. The second kappa shape index (κ2) is 7.11. The standard InChI is InChI=1S/C14H11Cl2N3O3/c1-22-14-9(6-10(15)7-11(14)16)8-17-18-12-4-2-3-5-13(12)19(20)21/h2-8,18H,1H3/b17-8+. The molecule has 0 saturated carbocycles. The summed E-state index contributed by atoms with van der Waals surface area (Å²) in [6.07, 6.45) is 1.42. The lowest BCUT2D eigenvalue weighted by Gasteiger charge is -2.07. The molecule has 2 aromatic rings. The maximum Gasteiger partial charge on any atom is 0.294 e. The van der Waals surface area contributed by atoms with Crippen molar-refractivity contribution < 1.29 is 9.66 Å². The summed E-state index contributed by atoms with van der Waals surface area (Å²) in [6, 6.07) is 9.35. The number of para-hydroxylation sites is 2. The van der Waals surface area contributed by atoms with Crippen LogP contribution in [0.3, 0.4) is 0 Å². The summed E-state index contributed by atoms with van der Waals surface area (Å²) >= 11 is 11.9. The number of ether oxygens (including phenoxy) is 1. The van der Waals surface area contributed by atoms with Gasteiger partial charge in [0.25, 0.3) is 5.69 Å². The highest BCUT2D eigenvalue weighted by molar-refractivity contribution is 6.36. The third-order valence-electron chi connectivity index (χ3n) is 2.73. The van der Waals surface area contributed by atoms with Crippen LogP contribution in [0, 0.1) is 10.1 Å². The average molecular weight is 340 g/mol. The summed E-state index contributed by atoms with van der Waals surface area (Å²) in [5.41, 5.74) is 3.37. The Balaban J connectivity index is 2.26. The third-order valence-corrected chi connectivity index (χ3v) is 3.23. The lowest BCUT2D eigenvalue weighted by atomic mass is 10.2. The van der Waals surface area contributed by atoms with Gasteiger partial charge in [0.2, 0.25) is 0 Å². The number of nitro benzene ring substituents is 1. The van der Waals surface area contributed by atoms with Crippen LogP contribution in [0.25, 0.3) is 0 Å². The molecule has 0 atom stereocenters. The van der Waals surface area contributed by atoms with E-state index in [1.807, 2.05) is 0 Å². The van der Waals surface area contributed by atoms with Crippen molar-refractivity contribution in [2.75, 3.05) is 12.5 Å². The van der Waals surface area contributed by atoms with Crippen LogP contribution in [0.5, 0.6) is 5.75 Å². The summed E-state index contributed by atoms with van der Waals surface area (Å²) in [5, 5.41) is 15.7. The average Bonchev–Trinajstić information content (AvgIpc) is 2.47. The zero-order valence-electron chi connectivity index (χ0n) is 11.4. The Hall–Kier alpha value is -2.31. The van der Waals surface area contributed by atoms with Crippen molar-refractivity contribution >= 4 is 40.8 Å². The van der Waals surface area contributed by atoms with E-state index in [9.17, 15) is 10.1 Å². The van der Waals surface area contributed by atoms with Gasteiger partial charge in [-0.15, -0.1) is 0 Å². The number of hydrogen-bond acceptors (Lipinski definition) is 5. The zero-order chi connectivity index (χ0) is 16.1. The summed E-state index contributed by atoms with van der Waals surface area (Å²) in [7, 11) is 1.47. The number of halogens is 2. The summed E-state index contributed by atoms with van der Waals surface area (Å²) in [4.78, 5) is 10.4. The molecule has 6 nitrogen and oxygen atoms in total. The summed E-state index contributed by atoms with van der Waals surface area (Å²) in [6.45, 7) is 0. The predicted octanol–water partition coefficient (Wildman–Crippen LogP) is 4.36. The SMILES string of the molecule is COc1c(Cl)cc(Cl)cc1/C=N/Nc1ccccc1[N+](=O)[O-]. The van der Waals surface area contributed by atoms with Crippen molar-refractivity contribution in [3.63, 3.8) is 0 Å². The Labute approximate surface area is 136 Å². The van der Waals surface area contributed by atoms with E-state index in [0.717, 1.165) is 0 Å². The van der Waals surface area contributed by atoms with Gasteiger partial charge < -0.3 is 4.74 Å². The smallest absolute Gasteiger partial charge is 0.294 e. The van der Waals surface area contributed by atoms with E-state index >= 15 is 0 Å². The second-order valence-corrected chi connectivity index (χ2v) is 5.00. The molecule has 8 heteroatoms. The van der Waals surface area contributed by atoms with Gasteiger partial charge in [-0.1, -0.05) is 35.3 Å². The van der Waals surface area contributed by atoms with Crippen LogP contribution in [0.4, 0.5) is 11.4 Å². The third kappa shape index (κ3) is 3.66. The van der Waals surface area contributed by atoms with E-state index < -0.39 is 4.92 Å². The van der Waals surface area contributed by atoms with Gasteiger partial charge in [-0.25, -0.2) is 0 Å². The molecule has 114 valence electrons. The number of nitrogens with one attached hydrogen (secondary N) is 1. The van der Waals surface area contributed by atoms with Gasteiger partial charge in [-0.2, -0.15) is 5.10 Å². The predicted molar refractivity (Wildman–Crippen MR) is 87.3 cm³/mol. The highest BCUT2D eigenvalue weighted by atomic mass is 35.5. The maximum atomic E-state index is 10.9. The van der Waals surface area contributed by atoms with Crippen molar-refractivity contribution in [3.05, 3.63) is 62.1 Å². The van der Waals surface area contributed by atoms with E-state index in [4.69, 9.17) is 27.9 Å². The molecule has 0 aliphatic carbocycles. The van der Waals surface area contributed by atoms with Gasteiger partial charge in [0, 0.05) is 16.7 Å². The largest absolute Gasteiger partial charge is 0.495 e. The van der Waals surface area contributed by atoms with Crippen LogP contribution in [0.15, 0.2) is 41.5 Å². The Morgan fingerprint density at radius 1 is 1.32 bits per heavy atom. The molecule has 0 aliphatic rings. The molecular formula is C14H11Cl2N3O3. The first kappa shape index (κ1) is 16.1. The van der Waals surface area contributed by atoms with Gasteiger partial charge >= 0.3 is 0 Å². The lowest BCUT2D eigenvalue weighted by Crippen LogP contribution is -1.98. The topological polar surface area (TPSA) is 76.8 Å². The van der Waals surface area contributed by atoms with Crippen LogP contribution >= 0.6 is 23.2 Å². The number of hydrazone groups is 1. The highest BCUT2D eigenvalue weighted by Crippen LogP contribution is 2.31. The number of nitrogens with zero attached hydrogens (tertiary/aromatic N) is 2. The number of methoxy groups -OCH3 is 1. The van der Waals surface area contributed by atoms with Crippen LogP contribution in [-0.2, 0) is 0 Å². The van der Waals surface area contributed by atoms with Gasteiger partial charge in [0.05, 0.1) is 23.3 Å². The van der Waals surface area contributed by atoms with Gasteiger partial charge in [-0.05, 0) is 18.2 Å². The molecule has 2 rings (SSSR count). The number of anilines is 1. The molecule has 0 fully saturated rings. The van der Waals surface area contributed by atoms with E-state index in [0.29, 0.717) is 21.4 Å². The molecule has 0 heterocycles. The highest BCUT2D eigenvalue weighted by Gasteiger charge is 2.11. The normalized spacial score (nSPS) is 10.7. The van der Waals surface area contributed by atoms with E-state index in [1.165, 1.54) is 19.4 Å². The van der Waals surface area contributed by atoms with E-state index in [2.05, 4.69) is 10.5 Å². The van der Waals surface area contributed by atoms with Crippen molar-refractivity contribution in [2.24, 2.45) is 5.10 Å². The number of hydrogen-bond donors (Lipinski definition) is 1. The maximum absolute atomic E-state index is 10.9. The van der Waals surface area contributed by atoms with Crippen molar-refractivity contribution in [1.29, 1.82) is 0 Å². The minimum atomic E-state index is -0.491. The molecular weight excluding hydrogens is 329 g/mol. The minimum Gasteiger partial charge on any atom is -0.495 e. The molecule has 2 aromatic carbocycles. The molecule has 0 radical (unpaired) electrons. The van der Waals surface area contributed by atoms with Crippen LogP contribution in [-0.4, -0.2) is 18.2 Å². The number of nitro groups is 1. The molecule has 0 aromatic heterocycles. The minimum absolute atomic E-state index is 0.0734. The number of rotatable bonds is 5. The Morgan fingerprint density at radius 2 is 2.05 bits per heavy atom. The van der Waals surface area contributed by atoms with Crippen LogP contribution < -0.4 is 10.2 Å². The van der Waals surface area contributed by atoms with Gasteiger partial charge in [-0.3, -0.25) is 15.5 Å². The Morgan fingerprint density at radius 3 is 2.73 bits per heavy atom. The van der Waals surface area contributed by atoms with Crippen molar-refractivity contribution in [1.82, 2.24) is 0 Å². The van der Waals surface area contributed by atoms with Gasteiger partial charge in [0.1, 0.15) is 11.4 Å². The van der Waals surface area contributed by atoms with Gasteiger partial charge in [0.15, 0.2) is 0 Å². The molecule has 0 aliphatic heterocycles. The fourth-order valence-corrected chi connectivity index (χ4v) is 2.38. The fraction of sp³-hybridized carbons (Fsp3) is 0.0714. The summed E-state index contributed by atoms with van der Waals surface area (Å²) in [5.74, 6) is 0.416. The second-order valence-electron chi connectivity index (χ2n) is 4.15. The van der Waals surface area contributed by atoms with E-state index in [1.54, 1.807) is 30.3 Å². The molecule has 1 N–H and O–H groups in total. The first-order valence-corrected chi connectivity index (χ1v) is 6.84. The van der Waals surface area contributed by atoms with Crippen molar-refractivity contribution in [2.45, 2.75) is 0 Å². The van der Waals surface area contributed by atoms with Crippen LogP contribution in [0.1, 0.15) is 5.56 Å². The summed E-state index contributed by atoms with van der Waals surface area (Å²) < 4.78 is 5.18. The molecule has 0 unspecified atom stereocenters. The Bertz CT molecular complexity index is 735. The quantitative estimate of drug-likeness (QED) is 0.498. The monoisotopic (exact) mass is 339 g/mol.